The van der Waals surface area contributed by atoms with E-state index in [0.29, 0.717) is 29.3 Å². The van der Waals surface area contributed by atoms with Crippen LogP contribution in [-0.4, -0.2) is 36.3 Å². The first-order valence-electron chi connectivity index (χ1n) is 11.1. The van der Waals surface area contributed by atoms with Gasteiger partial charge in [0.2, 0.25) is 11.8 Å². The Morgan fingerprint density at radius 1 is 0.886 bits per heavy atom. The van der Waals surface area contributed by atoms with Gasteiger partial charge in [0, 0.05) is 12.3 Å². The first-order valence-corrected chi connectivity index (χ1v) is 12.0. The van der Waals surface area contributed by atoms with E-state index in [-0.39, 0.29) is 45.7 Å². The van der Waals surface area contributed by atoms with Gasteiger partial charge in [-0.25, -0.2) is 0 Å². The van der Waals surface area contributed by atoms with E-state index < -0.39 is 0 Å². The summed E-state index contributed by atoms with van der Waals surface area (Å²) in [5, 5.41) is 11.8. The van der Waals surface area contributed by atoms with Gasteiger partial charge in [-0.15, -0.1) is 0 Å². The number of ether oxygens (including phenoxy) is 2. The standard InChI is InChI=1S/C25H30N4O4S2/c1-25(2)15(14-21(30)28-23(34)26-17-9-5-7-11-19(17)32-3)13-16(25)22(31)29-24(35)27-18-10-6-8-12-20(18)33-4/h5-12,15-16H,13-14H2,1-4H3,(H2,26,28,30,34)(H2,27,29,31,35)/t15-,16+/m1/s1. The molecule has 3 rings (SSSR count). The van der Waals surface area contributed by atoms with Crippen LogP contribution in [-0.2, 0) is 9.59 Å². The first kappa shape index (κ1) is 26.4. The number of thiocarbonyl (C=S) groups is 2. The summed E-state index contributed by atoms with van der Waals surface area (Å²) in [6.07, 6.45) is 0.838. The number of hydrogen-bond donors (Lipinski definition) is 4. The molecular weight excluding hydrogens is 484 g/mol. The van der Waals surface area contributed by atoms with Crippen LogP contribution in [0.1, 0.15) is 26.7 Å². The van der Waals surface area contributed by atoms with Crippen LogP contribution in [0.3, 0.4) is 0 Å². The van der Waals surface area contributed by atoms with Crippen molar-refractivity contribution in [3.8, 4) is 11.5 Å². The second-order valence-electron chi connectivity index (χ2n) is 8.86. The summed E-state index contributed by atoms with van der Waals surface area (Å²) in [6.45, 7) is 3.97. The molecule has 0 spiro atoms. The molecule has 4 N–H and O–H groups in total. The van der Waals surface area contributed by atoms with Gasteiger partial charge in [-0.05, 0) is 66.5 Å². The number of methoxy groups -OCH3 is 2. The number of carbonyl (C=O) groups is 2. The fraction of sp³-hybridized carbons (Fsp3) is 0.360. The number of nitrogens with one attached hydrogen (secondary N) is 4. The number of hydrogen-bond acceptors (Lipinski definition) is 6. The Morgan fingerprint density at radius 2 is 1.37 bits per heavy atom. The minimum Gasteiger partial charge on any atom is -0.495 e. The maximum absolute atomic E-state index is 12.9. The molecule has 0 unspecified atom stereocenters. The Bertz CT molecular complexity index is 1120. The van der Waals surface area contributed by atoms with Gasteiger partial charge in [-0.2, -0.15) is 0 Å². The van der Waals surface area contributed by atoms with Crippen molar-refractivity contribution in [1.29, 1.82) is 0 Å². The van der Waals surface area contributed by atoms with Gasteiger partial charge in [-0.3, -0.25) is 9.59 Å². The Hall–Kier alpha value is -3.24. The minimum absolute atomic E-state index is 0.0306. The second kappa shape index (κ2) is 11.5. The van der Waals surface area contributed by atoms with Gasteiger partial charge in [0.15, 0.2) is 10.2 Å². The van der Waals surface area contributed by atoms with E-state index in [9.17, 15) is 9.59 Å². The highest BCUT2D eigenvalue weighted by Crippen LogP contribution is 2.52. The lowest BCUT2D eigenvalue weighted by Gasteiger charge is -2.51. The van der Waals surface area contributed by atoms with E-state index in [4.69, 9.17) is 33.9 Å². The smallest absolute Gasteiger partial charge is 0.229 e. The van der Waals surface area contributed by atoms with Gasteiger partial charge in [-0.1, -0.05) is 38.1 Å². The van der Waals surface area contributed by atoms with Crippen LogP contribution >= 0.6 is 24.4 Å². The van der Waals surface area contributed by atoms with Crippen molar-refractivity contribution in [1.82, 2.24) is 10.6 Å². The molecule has 8 nitrogen and oxygen atoms in total. The zero-order chi connectivity index (χ0) is 25.6. The van der Waals surface area contributed by atoms with Crippen molar-refractivity contribution in [3.63, 3.8) is 0 Å². The van der Waals surface area contributed by atoms with E-state index in [0.717, 1.165) is 0 Å². The largest absolute Gasteiger partial charge is 0.495 e. The second-order valence-corrected chi connectivity index (χ2v) is 9.67. The Morgan fingerprint density at radius 3 is 1.86 bits per heavy atom. The third-order valence-corrected chi connectivity index (χ3v) is 6.83. The number of anilines is 2. The Kier molecular flexibility index (Phi) is 8.63. The van der Waals surface area contributed by atoms with E-state index in [1.807, 2.05) is 50.2 Å². The lowest BCUT2D eigenvalue weighted by atomic mass is 9.53. The Balaban J connectivity index is 1.48. The molecule has 35 heavy (non-hydrogen) atoms. The molecule has 0 aromatic heterocycles. The maximum atomic E-state index is 12.9. The number of rotatable bonds is 7. The van der Waals surface area contributed by atoms with Crippen LogP contribution in [0, 0.1) is 17.3 Å². The molecular formula is C25H30N4O4S2. The fourth-order valence-electron chi connectivity index (χ4n) is 4.21. The summed E-state index contributed by atoms with van der Waals surface area (Å²) in [5.74, 6) is 0.628. The maximum Gasteiger partial charge on any atom is 0.229 e. The van der Waals surface area contributed by atoms with Crippen molar-refractivity contribution in [3.05, 3.63) is 48.5 Å². The van der Waals surface area contributed by atoms with Crippen LogP contribution in [0.25, 0.3) is 0 Å². The predicted octanol–water partition coefficient (Wildman–Crippen LogP) is 4.08. The summed E-state index contributed by atoms with van der Waals surface area (Å²) < 4.78 is 10.6. The summed E-state index contributed by atoms with van der Waals surface area (Å²) in [6, 6.07) is 14.6. The molecule has 1 aliphatic carbocycles. The third-order valence-electron chi connectivity index (χ3n) is 6.42. The van der Waals surface area contributed by atoms with E-state index in [1.165, 1.54) is 0 Å². The van der Waals surface area contributed by atoms with Gasteiger partial charge in [0.1, 0.15) is 11.5 Å². The highest BCUT2D eigenvalue weighted by Gasteiger charge is 2.52. The van der Waals surface area contributed by atoms with E-state index in [1.54, 1.807) is 26.4 Å². The SMILES string of the molecule is COc1ccccc1NC(=S)NC(=O)C[C@H]1C[C@@H](C(=O)NC(=S)Nc2ccccc2OC)C1(C)C. The molecule has 0 bridgehead atoms. The van der Waals surface area contributed by atoms with Crippen molar-refractivity contribution in [2.45, 2.75) is 26.7 Å². The summed E-state index contributed by atoms with van der Waals surface area (Å²) in [7, 11) is 3.13. The Labute approximate surface area is 216 Å². The van der Waals surface area contributed by atoms with Crippen LogP contribution in [0.5, 0.6) is 11.5 Å². The molecule has 10 heteroatoms. The van der Waals surface area contributed by atoms with Crippen LogP contribution < -0.4 is 30.7 Å². The van der Waals surface area contributed by atoms with Crippen LogP contribution in [0.15, 0.2) is 48.5 Å². The average Bonchev–Trinajstić information content (AvgIpc) is 2.81. The van der Waals surface area contributed by atoms with Gasteiger partial charge >= 0.3 is 0 Å². The number of amides is 2. The molecule has 0 saturated heterocycles. The molecule has 1 saturated carbocycles. The summed E-state index contributed by atoms with van der Waals surface area (Å²) in [4.78, 5) is 25.4. The third kappa shape index (κ3) is 6.46. The molecule has 2 atom stereocenters. The minimum atomic E-state index is -0.376. The molecule has 0 heterocycles. The first-order chi connectivity index (χ1) is 16.6. The van der Waals surface area contributed by atoms with Crippen molar-refractivity contribution in [2.75, 3.05) is 24.9 Å². The zero-order valence-electron chi connectivity index (χ0n) is 20.1. The van der Waals surface area contributed by atoms with Gasteiger partial charge in [0.25, 0.3) is 0 Å². The molecule has 1 fully saturated rings. The van der Waals surface area contributed by atoms with Crippen LogP contribution in [0.2, 0.25) is 0 Å². The molecule has 1 aliphatic rings. The zero-order valence-corrected chi connectivity index (χ0v) is 21.8. The normalized spacial score (nSPS) is 17.8. The van der Waals surface area contributed by atoms with Gasteiger partial charge < -0.3 is 30.7 Å². The molecule has 186 valence electrons. The molecule has 2 amide bonds. The highest BCUT2D eigenvalue weighted by molar-refractivity contribution is 7.80. The lowest BCUT2D eigenvalue weighted by molar-refractivity contribution is -0.143. The quantitative estimate of drug-likeness (QED) is 0.410. The van der Waals surface area contributed by atoms with E-state index in [2.05, 4.69) is 21.3 Å². The molecule has 2 aromatic rings. The van der Waals surface area contributed by atoms with Crippen molar-refractivity contribution >= 4 is 57.8 Å². The number of benzene rings is 2. The fourth-order valence-corrected chi connectivity index (χ4v) is 4.65. The van der Waals surface area contributed by atoms with Crippen molar-refractivity contribution in [2.24, 2.45) is 17.3 Å². The molecule has 2 aromatic carbocycles. The average molecular weight is 515 g/mol. The summed E-state index contributed by atoms with van der Waals surface area (Å²) in [5.41, 5.74) is 0.957. The highest BCUT2D eigenvalue weighted by atomic mass is 32.1. The number of para-hydroxylation sites is 4. The molecule has 0 radical (unpaired) electrons. The topological polar surface area (TPSA) is 101 Å². The molecule has 0 aliphatic heterocycles. The lowest BCUT2D eigenvalue weighted by Crippen LogP contribution is -2.55. The van der Waals surface area contributed by atoms with Crippen molar-refractivity contribution < 1.29 is 19.1 Å². The number of carbonyl (C=O) groups excluding carboxylic acids is 2. The monoisotopic (exact) mass is 514 g/mol. The van der Waals surface area contributed by atoms with Gasteiger partial charge in [0.05, 0.1) is 25.6 Å². The predicted molar refractivity (Wildman–Crippen MR) is 145 cm³/mol. The summed E-state index contributed by atoms with van der Waals surface area (Å²) >= 11 is 10.6. The van der Waals surface area contributed by atoms with E-state index >= 15 is 0 Å². The van der Waals surface area contributed by atoms with Crippen LogP contribution in [0.4, 0.5) is 11.4 Å².